The predicted molar refractivity (Wildman–Crippen MR) is 86.0 cm³/mol. The molecule has 1 atom stereocenters. The molecule has 110 valence electrons. The van der Waals surface area contributed by atoms with Crippen molar-refractivity contribution in [3.63, 3.8) is 0 Å². The third kappa shape index (κ3) is 2.55. The first-order chi connectivity index (χ1) is 10.6. The van der Waals surface area contributed by atoms with Crippen molar-refractivity contribution < 1.29 is 14.7 Å². The van der Waals surface area contributed by atoms with Crippen LogP contribution in [0, 0.1) is 0 Å². The summed E-state index contributed by atoms with van der Waals surface area (Å²) < 4.78 is 0.862. The minimum atomic E-state index is -0.701. The van der Waals surface area contributed by atoms with Gasteiger partial charge in [-0.05, 0) is 17.7 Å². The standard InChI is InChI=1S/C17H12BrNO3/c18-12-8-6-11(7-9-12)15(20)13-14(19-17(22)16(13)21)10-4-2-1-3-5-10/h1-9,14,20H,(H,19,22)/b15-13-. The zero-order valence-corrected chi connectivity index (χ0v) is 13.0. The molecule has 0 aliphatic carbocycles. The SMILES string of the molecule is O=C1NC(c2ccccc2)/C(=C(/O)c2ccc(Br)cc2)C1=O. The fraction of sp³-hybridized carbons (Fsp3) is 0.0588. The van der Waals surface area contributed by atoms with Crippen LogP contribution in [0.1, 0.15) is 17.2 Å². The van der Waals surface area contributed by atoms with Gasteiger partial charge in [-0.3, -0.25) is 9.59 Å². The first-order valence-corrected chi connectivity index (χ1v) is 7.46. The van der Waals surface area contributed by atoms with Gasteiger partial charge in [-0.1, -0.05) is 58.4 Å². The lowest BCUT2D eigenvalue weighted by atomic mass is 9.96. The summed E-state index contributed by atoms with van der Waals surface area (Å²) in [6.45, 7) is 0. The number of carbonyl (C=O) groups is 2. The number of halogens is 1. The van der Waals surface area contributed by atoms with Gasteiger partial charge in [0, 0.05) is 10.0 Å². The third-order valence-electron chi connectivity index (χ3n) is 3.52. The second-order valence-electron chi connectivity index (χ2n) is 4.92. The molecule has 1 aliphatic heterocycles. The van der Waals surface area contributed by atoms with Gasteiger partial charge in [-0.2, -0.15) is 0 Å². The number of rotatable bonds is 2. The molecule has 0 aromatic heterocycles. The number of ketones is 1. The number of nitrogens with one attached hydrogen (secondary N) is 1. The lowest BCUT2D eigenvalue weighted by Crippen LogP contribution is -2.21. The van der Waals surface area contributed by atoms with Crippen LogP contribution in [0.2, 0.25) is 0 Å². The predicted octanol–water partition coefficient (Wildman–Crippen LogP) is 3.16. The van der Waals surface area contributed by atoms with Crippen LogP contribution in [0.4, 0.5) is 0 Å². The molecular formula is C17H12BrNO3. The van der Waals surface area contributed by atoms with Crippen LogP contribution >= 0.6 is 15.9 Å². The average molecular weight is 358 g/mol. The molecule has 0 bridgehead atoms. The number of amides is 1. The number of aliphatic hydroxyl groups excluding tert-OH is 1. The van der Waals surface area contributed by atoms with E-state index in [-0.39, 0.29) is 11.3 Å². The van der Waals surface area contributed by atoms with E-state index >= 15 is 0 Å². The topological polar surface area (TPSA) is 66.4 Å². The molecule has 0 radical (unpaired) electrons. The zero-order valence-electron chi connectivity index (χ0n) is 11.4. The van der Waals surface area contributed by atoms with E-state index < -0.39 is 17.7 Å². The van der Waals surface area contributed by atoms with Crippen LogP contribution in [0.5, 0.6) is 0 Å². The normalized spacial score (nSPS) is 20.0. The summed E-state index contributed by atoms with van der Waals surface area (Å²) in [5, 5.41) is 13.1. The van der Waals surface area contributed by atoms with Crippen LogP contribution < -0.4 is 5.32 Å². The molecule has 1 unspecified atom stereocenters. The Balaban J connectivity index is 2.11. The highest BCUT2D eigenvalue weighted by atomic mass is 79.9. The minimum absolute atomic E-state index is 0.0820. The molecule has 0 saturated carbocycles. The first kappa shape index (κ1) is 14.5. The Labute approximate surface area is 135 Å². The van der Waals surface area contributed by atoms with E-state index in [1.54, 1.807) is 36.4 Å². The number of aliphatic hydroxyl groups is 1. The van der Waals surface area contributed by atoms with Gasteiger partial charge in [-0.25, -0.2) is 0 Å². The summed E-state index contributed by atoms with van der Waals surface area (Å²) in [4.78, 5) is 23.9. The third-order valence-corrected chi connectivity index (χ3v) is 4.05. The van der Waals surface area contributed by atoms with E-state index in [0.717, 1.165) is 10.0 Å². The maximum atomic E-state index is 12.1. The maximum Gasteiger partial charge on any atom is 0.293 e. The summed E-state index contributed by atoms with van der Waals surface area (Å²) in [6, 6.07) is 15.4. The Bertz CT molecular complexity index is 766. The molecule has 4 nitrogen and oxygen atoms in total. The molecule has 2 aromatic carbocycles. The minimum Gasteiger partial charge on any atom is -0.507 e. The number of Topliss-reactive ketones (excluding diaryl/α,β-unsaturated/α-hetero) is 1. The Morgan fingerprint density at radius 2 is 1.64 bits per heavy atom. The van der Waals surface area contributed by atoms with Crippen molar-refractivity contribution in [2.24, 2.45) is 0 Å². The fourth-order valence-corrected chi connectivity index (χ4v) is 2.69. The van der Waals surface area contributed by atoms with Crippen molar-refractivity contribution in [2.75, 3.05) is 0 Å². The number of benzene rings is 2. The Kier molecular flexibility index (Phi) is 3.81. The lowest BCUT2D eigenvalue weighted by Gasteiger charge is -2.13. The van der Waals surface area contributed by atoms with E-state index in [4.69, 9.17) is 0 Å². The van der Waals surface area contributed by atoms with Crippen LogP contribution in [0.15, 0.2) is 64.6 Å². The van der Waals surface area contributed by atoms with Gasteiger partial charge in [-0.15, -0.1) is 0 Å². The van der Waals surface area contributed by atoms with Gasteiger partial charge in [0.15, 0.2) is 0 Å². The summed E-state index contributed by atoms with van der Waals surface area (Å²) in [7, 11) is 0. The summed E-state index contributed by atoms with van der Waals surface area (Å²) in [6.07, 6.45) is 0. The maximum absolute atomic E-state index is 12.1. The molecule has 0 spiro atoms. The van der Waals surface area contributed by atoms with E-state index in [0.29, 0.717) is 5.56 Å². The summed E-state index contributed by atoms with van der Waals surface area (Å²) >= 11 is 3.32. The molecule has 1 fully saturated rings. The average Bonchev–Trinajstić information content (AvgIpc) is 2.84. The van der Waals surface area contributed by atoms with Crippen LogP contribution in [0.3, 0.4) is 0 Å². The van der Waals surface area contributed by atoms with Gasteiger partial charge in [0.2, 0.25) is 0 Å². The fourth-order valence-electron chi connectivity index (χ4n) is 2.43. The van der Waals surface area contributed by atoms with E-state index in [9.17, 15) is 14.7 Å². The van der Waals surface area contributed by atoms with Gasteiger partial charge < -0.3 is 10.4 Å². The summed E-state index contributed by atoms with van der Waals surface area (Å²) in [5.41, 5.74) is 1.32. The Hall–Kier alpha value is -2.40. The lowest BCUT2D eigenvalue weighted by molar-refractivity contribution is -0.133. The second-order valence-corrected chi connectivity index (χ2v) is 5.83. The van der Waals surface area contributed by atoms with Crippen molar-refractivity contribution in [3.05, 3.63) is 75.8 Å². The largest absolute Gasteiger partial charge is 0.507 e. The van der Waals surface area contributed by atoms with Crippen LogP contribution in [-0.4, -0.2) is 16.8 Å². The molecule has 1 saturated heterocycles. The molecule has 1 amide bonds. The van der Waals surface area contributed by atoms with E-state index in [1.807, 2.05) is 18.2 Å². The Morgan fingerprint density at radius 1 is 1.00 bits per heavy atom. The highest BCUT2D eigenvalue weighted by molar-refractivity contribution is 9.10. The van der Waals surface area contributed by atoms with Crippen molar-refractivity contribution in [1.82, 2.24) is 5.32 Å². The molecule has 3 rings (SSSR count). The molecule has 1 heterocycles. The monoisotopic (exact) mass is 357 g/mol. The number of carbonyl (C=O) groups excluding carboxylic acids is 2. The molecule has 5 heteroatoms. The summed E-state index contributed by atoms with van der Waals surface area (Å²) in [5.74, 6) is -1.58. The zero-order chi connectivity index (χ0) is 15.7. The second kappa shape index (κ2) is 5.77. The van der Waals surface area contributed by atoms with Gasteiger partial charge in [0.1, 0.15) is 5.76 Å². The molecular weight excluding hydrogens is 346 g/mol. The number of hydrogen-bond acceptors (Lipinski definition) is 3. The molecule has 2 aromatic rings. The van der Waals surface area contributed by atoms with Gasteiger partial charge in [0.05, 0.1) is 11.6 Å². The Morgan fingerprint density at radius 3 is 2.27 bits per heavy atom. The van der Waals surface area contributed by atoms with Crippen molar-refractivity contribution in [2.45, 2.75) is 6.04 Å². The molecule has 22 heavy (non-hydrogen) atoms. The number of hydrogen-bond donors (Lipinski definition) is 2. The molecule has 1 aliphatic rings. The van der Waals surface area contributed by atoms with E-state index in [2.05, 4.69) is 21.2 Å². The van der Waals surface area contributed by atoms with Crippen molar-refractivity contribution in [1.29, 1.82) is 0 Å². The smallest absolute Gasteiger partial charge is 0.293 e. The quantitative estimate of drug-likeness (QED) is 0.492. The van der Waals surface area contributed by atoms with Gasteiger partial charge in [0.25, 0.3) is 11.7 Å². The van der Waals surface area contributed by atoms with Crippen LogP contribution in [0.25, 0.3) is 5.76 Å². The van der Waals surface area contributed by atoms with Crippen LogP contribution in [-0.2, 0) is 9.59 Å². The van der Waals surface area contributed by atoms with E-state index in [1.165, 1.54) is 0 Å². The highest BCUT2D eigenvalue weighted by Gasteiger charge is 2.39. The van der Waals surface area contributed by atoms with Crippen molar-refractivity contribution in [3.8, 4) is 0 Å². The molecule has 2 N–H and O–H groups in total. The first-order valence-electron chi connectivity index (χ1n) is 6.67. The highest BCUT2D eigenvalue weighted by Crippen LogP contribution is 2.32. The van der Waals surface area contributed by atoms with Crippen molar-refractivity contribution >= 4 is 33.4 Å². The van der Waals surface area contributed by atoms with Gasteiger partial charge >= 0.3 is 0 Å².